The van der Waals surface area contributed by atoms with Gasteiger partial charge in [0, 0.05) is 19.5 Å². The highest BCUT2D eigenvalue weighted by Crippen LogP contribution is 2.17. The summed E-state index contributed by atoms with van der Waals surface area (Å²) in [7, 11) is 0. The maximum absolute atomic E-state index is 12.0. The Labute approximate surface area is 111 Å². The van der Waals surface area contributed by atoms with Crippen LogP contribution in [0.3, 0.4) is 0 Å². The average Bonchev–Trinajstić information content (AvgIpc) is 2.66. The van der Waals surface area contributed by atoms with E-state index in [2.05, 4.69) is 10.2 Å². The van der Waals surface area contributed by atoms with Gasteiger partial charge in [-0.05, 0) is 44.7 Å². The Hall–Kier alpha value is -0.280. The molecule has 2 heterocycles. The van der Waals surface area contributed by atoms with E-state index in [-0.39, 0.29) is 12.4 Å². The van der Waals surface area contributed by atoms with Gasteiger partial charge in [-0.15, -0.1) is 12.4 Å². The average molecular weight is 261 g/mol. The molecule has 2 fully saturated rings. The normalized spacial score (nSPS) is 25.2. The number of nitrogens with one attached hydrogen (secondary N) is 1. The van der Waals surface area contributed by atoms with Gasteiger partial charge in [0.1, 0.15) is 0 Å². The van der Waals surface area contributed by atoms with E-state index in [1.165, 1.54) is 32.1 Å². The van der Waals surface area contributed by atoms with Crippen molar-refractivity contribution in [1.29, 1.82) is 0 Å². The SMILES string of the molecule is Cl.O=C(CCC1CCNC1)N1CCCCCC1. The van der Waals surface area contributed by atoms with Crippen molar-refractivity contribution in [2.24, 2.45) is 5.92 Å². The van der Waals surface area contributed by atoms with Crippen LogP contribution in [0.4, 0.5) is 0 Å². The molecule has 2 aliphatic heterocycles. The largest absolute Gasteiger partial charge is 0.343 e. The Kier molecular flexibility index (Phi) is 6.90. The summed E-state index contributed by atoms with van der Waals surface area (Å²) in [5, 5.41) is 3.36. The third-order valence-electron chi connectivity index (χ3n) is 3.89. The van der Waals surface area contributed by atoms with Crippen molar-refractivity contribution >= 4 is 18.3 Å². The van der Waals surface area contributed by atoms with Gasteiger partial charge in [-0.3, -0.25) is 4.79 Å². The second-order valence-corrected chi connectivity index (χ2v) is 5.19. The number of amides is 1. The number of likely N-dealkylation sites (tertiary alicyclic amines) is 1. The van der Waals surface area contributed by atoms with Crippen LogP contribution in [0.5, 0.6) is 0 Å². The summed E-state index contributed by atoms with van der Waals surface area (Å²) in [6.07, 6.45) is 8.13. The first kappa shape index (κ1) is 14.8. The van der Waals surface area contributed by atoms with Gasteiger partial charge in [-0.2, -0.15) is 0 Å². The zero-order chi connectivity index (χ0) is 11.2. The third kappa shape index (κ3) is 4.84. The molecule has 0 aromatic rings. The van der Waals surface area contributed by atoms with Crippen molar-refractivity contribution in [3.05, 3.63) is 0 Å². The van der Waals surface area contributed by atoms with Gasteiger partial charge in [0.25, 0.3) is 0 Å². The molecular formula is C13H25ClN2O. The van der Waals surface area contributed by atoms with Crippen LogP contribution in [-0.2, 0) is 4.79 Å². The highest BCUT2D eigenvalue weighted by Gasteiger charge is 2.19. The van der Waals surface area contributed by atoms with E-state index in [4.69, 9.17) is 0 Å². The van der Waals surface area contributed by atoms with Crippen LogP contribution in [0.2, 0.25) is 0 Å². The van der Waals surface area contributed by atoms with Gasteiger partial charge in [0.05, 0.1) is 0 Å². The van der Waals surface area contributed by atoms with E-state index in [9.17, 15) is 4.79 Å². The fourth-order valence-corrected chi connectivity index (χ4v) is 2.77. The molecule has 100 valence electrons. The topological polar surface area (TPSA) is 32.3 Å². The van der Waals surface area contributed by atoms with Gasteiger partial charge in [0.2, 0.25) is 5.91 Å². The first-order valence-corrected chi connectivity index (χ1v) is 6.85. The predicted octanol–water partition coefficient (Wildman–Crippen LogP) is 2.20. The molecule has 17 heavy (non-hydrogen) atoms. The fraction of sp³-hybridized carbons (Fsp3) is 0.923. The molecule has 0 bridgehead atoms. The predicted molar refractivity (Wildman–Crippen MR) is 72.5 cm³/mol. The van der Waals surface area contributed by atoms with Gasteiger partial charge in [-0.1, -0.05) is 12.8 Å². The second kappa shape index (κ2) is 7.93. The Balaban J connectivity index is 0.00000144. The van der Waals surface area contributed by atoms with Gasteiger partial charge < -0.3 is 10.2 Å². The van der Waals surface area contributed by atoms with Gasteiger partial charge in [0.15, 0.2) is 0 Å². The molecule has 0 aliphatic carbocycles. The molecule has 1 atom stereocenters. The van der Waals surface area contributed by atoms with E-state index in [1.807, 2.05) is 0 Å². The van der Waals surface area contributed by atoms with Gasteiger partial charge in [-0.25, -0.2) is 0 Å². The molecule has 0 saturated carbocycles. The second-order valence-electron chi connectivity index (χ2n) is 5.19. The molecule has 0 spiro atoms. The van der Waals surface area contributed by atoms with E-state index >= 15 is 0 Å². The fourth-order valence-electron chi connectivity index (χ4n) is 2.77. The van der Waals surface area contributed by atoms with Crippen molar-refractivity contribution in [3.8, 4) is 0 Å². The molecule has 1 N–H and O–H groups in total. The highest BCUT2D eigenvalue weighted by molar-refractivity contribution is 5.85. The summed E-state index contributed by atoms with van der Waals surface area (Å²) in [6.45, 7) is 4.26. The minimum atomic E-state index is 0. The van der Waals surface area contributed by atoms with Gasteiger partial charge >= 0.3 is 0 Å². The van der Waals surface area contributed by atoms with E-state index < -0.39 is 0 Å². The smallest absolute Gasteiger partial charge is 0.222 e. The molecule has 2 saturated heterocycles. The number of carbonyl (C=O) groups is 1. The minimum absolute atomic E-state index is 0. The summed E-state index contributed by atoms with van der Waals surface area (Å²) >= 11 is 0. The van der Waals surface area contributed by atoms with Crippen molar-refractivity contribution in [3.63, 3.8) is 0 Å². The standard InChI is InChI=1S/C13H24N2O.ClH/c16-13(6-5-12-7-8-14-11-12)15-9-3-1-2-4-10-15;/h12,14H,1-11H2;1H. The van der Waals surface area contributed by atoms with Crippen LogP contribution in [0, 0.1) is 5.92 Å². The lowest BCUT2D eigenvalue weighted by molar-refractivity contribution is -0.131. The Morgan fingerprint density at radius 3 is 2.47 bits per heavy atom. The summed E-state index contributed by atoms with van der Waals surface area (Å²) in [4.78, 5) is 14.1. The quantitative estimate of drug-likeness (QED) is 0.844. The zero-order valence-corrected chi connectivity index (χ0v) is 11.4. The van der Waals surface area contributed by atoms with Crippen LogP contribution in [0.1, 0.15) is 44.9 Å². The van der Waals surface area contributed by atoms with Crippen molar-refractivity contribution < 1.29 is 4.79 Å². The lowest BCUT2D eigenvalue weighted by Crippen LogP contribution is -2.32. The summed E-state index contributed by atoms with van der Waals surface area (Å²) < 4.78 is 0. The molecule has 2 rings (SSSR count). The van der Waals surface area contributed by atoms with E-state index in [0.29, 0.717) is 5.91 Å². The van der Waals surface area contributed by atoms with Crippen LogP contribution in [-0.4, -0.2) is 37.0 Å². The third-order valence-corrected chi connectivity index (χ3v) is 3.89. The molecular weight excluding hydrogens is 236 g/mol. The monoisotopic (exact) mass is 260 g/mol. The molecule has 1 unspecified atom stereocenters. The molecule has 2 aliphatic rings. The van der Waals surface area contributed by atoms with Crippen LogP contribution < -0.4 is 5.32 Å². The van der Waals surface area contributed by atoms with Crippen LogP contribution in [0.25, 0.3) is 0 Å². The van der Waals surface area contributed by atoms with Crippen LogP contribution in [0.15, 0.2) is 0 Å². The number of carbonyl (C=O) groups excluding carboxylic acids is 1. The van der Waals surface area contributed by atoms with Crippen LogP contribution >= 0.6 is 12.4 Å². The summed E-state index contributed by atoms with van der Waals surface area (Å²) in [6, 6.07) is 0. The Morgan fingerprint density at radius 1 is 1.18 bits per heavy atom. The van der Waals surface area contributed by atoms with E-state index in [1.54, 1.807) is 0 Å². The first-order valence-electron chi connectivity index (χ1n) is 6.85. The lowest BCUT2D eigenvalue weighted by atomic mass is 10.0. The maximum atomic E-state index is 12.0. The van der Waals surface area contributed by atoms with Crippen molar-refractivity contribution in [2.75, 3.05) is 26.2 Å². The zero-order valence-electron chi connectivity index (χ0n) is 10.6. The highest BCUT2D eigenvalue weighted by atomic mass is 35.5. The summed E-state index contributed by atoms with van der Waals surface area (Å²) in [5.74, 6) is 1.14. The number of rotatable bonds is 3. The number of hydrogen-bond acceptors (Lipinski definition) is 2. The number of nitrogens with zero attached hydrogens (tertiary/aromatic N) is 1. The molecule has 0 aromatic heterocycles. The van der Waals surface area contributed by atoms with Crippen molar-refractivity contribution in [2.45, 2.75) is 44.9 Å². The molecule has 3 nitrogen and oxygen atoms in total. The molecule has 1 amide bonds. The number of hydrogen-bond donors (Lipinski definition) is 1. The summed E-state index contributed by atoms with van der Waals surface area (Å²) in [5.41, 5.74) is 0. The Morgan fingerprint density at radius 2 is 1.88 bits per heavy atom. The van der Waals surface area contributed by atoms with Crippen molar-refractivity contribution in [1.82, 2.24) is 10.2 Å². The maximum Gasteiger partial charge on any atom is 0.222 e. The minimum Gasteiger partial charge on any atom is -0.343 e. The molecule has 4 heteroatoms. The Bertz CT molecular complexity index is 221. The molecule has 0 aromatic carbocycles. The number of halogens is 1. The lowest BCUT2D eigenvalue weighted by Gasteiger charge is -2.21. The van der Waals surface area contributed by atoms with E-state index in [0.717, 1.165) is 44.9 Å². The first-order chi connectivity index (χ1) is 7.86. The molecule has 0 radical (unpaired) electrons.